The van der Waals surface area contributed by atoms with Gasteiger partial charge in [-0.05, 0) is 77.7 Å². The Labute approximate surface area is 301 Å². The number of aromatic hydroxyl groups is 2. The van der Waals surface area contributed by atoms with Crippen molar-refractivity contribution < 1.29 is 27.0 Å². The molecule has 0 aliphatic heterocycles. The minimum Gasteiger partial charge on any atom is -0.507 e. The van der Waals surface area contributed by atoms with Crippen LogP contribution in [0.4, 0.5) is 0 Å². The fourth-order valence-corrected chi connectivity index (χ4v) is 6.35. The summed E-state index contributed by atoms with van der Waals surface area (Å²) >= 11 is 0. The first kappa shape index (κ1) is 47.0. The molecule has 2 aromatic rings. The molecule has 0 saturated heterocycles. The zero-order valence-corrected chi connectivity index (χ0v) is 33.4. The van der Waals surface area contributed by atoms with E-state index in [1.807, 2.05) is 19.4 Å². The molecule has 3 rings (SSSR count). The number of unbranched alkanes of at least 4 members (excludes halogenated alkanes) is 2. The molecule has 5 heteroatoms. The Morgan fingerprint density at radius 1 is 0.681 bits per heavy atom. The maximum absolute atomic E-state index is 11.3. The third-order valence-corrected chi connectivity index (χ3v) is 9.51. The van der Waals surface area contributed by atoms with Crippen molar-refractivity contribution in [1.82, 2.24) is 0 Å². The molecule has 0 amide bonds. The molecular weight excluding hydrogens is 623 g/mol. The van der Waals surface area contributed by atoms with Gasteiger partial charge in [0.1, 0.15) is 11.5 Å². The topological polar surface area (TPSA) is 65.2 Å². The van der Waals surface area contributed by atoms with Crippen molar-refractivity contribution in [2.24, 2.45) is 9.98 Å². The van der Waals surface area contributed by atoms with Crippen molar-refractivity contribution in [2.75, 3.05) is 0 Å². The van der Waals surface area contributed by atoms with Crippen molar-refractivity contribution >= 4 is 12.4 Å². The molecule has 0 bridgehead atoms. The average molecular weight is 693 g/mol. The van der Waals surface area contributed by atoms with E-state index in [1.165, 1.54) is 36.8 Å². The fourth-order valence-electron chi connectivity index (χ4n) is 6.35. The first-order chi connectivity index (χ1) is 20.1. The van der Waals surface area contributed by atoms with Crippen molar-refractivity contribution in [3.63, 3.8) is 0 Å². The van der Waals surface area contributed by atoms with Crippen LogP contribution in [-0.4, -0.2) is 34.7 Å². The average Bonchev–Trinajstić information content (AvgIpc) is 2.94. The number of hydrogen-bond acceptors (Lipinski definition) is 4. The third kappa shape index (κ3) is 12.4. The molecule has 2 unspecified atom stereocenters. The van der Waals surface area contributed by atoms with Crippen LogP contribution in [0.5, 0.6) is 11.5 Å². The second kappa shape index (κ2) is 19.8. The van der Waals surface area contributed by atoms with Gasteiger partial charge in [-0.2, -0.15) is 0 Å². The molecular formula is C42H69CoN2O2-3. The molecule has 1 fully saturated rings. The van der Waals surface area contributed by atoms with Gasteiger partial charge in [-0.1, -0.05) is 113 Å². The summed E-state index contributed by atoms with van der Waals surface area (Å²) in [7, 11) is 0. The normalized spacial score (nSPS) is 17.1. The van der Waals surface area contributed by atoms with Gasteiger partial charge in [0.25, 0.3) is 0 Å². The number of nitrogens with zero attached hydrogens (tertiary/aromatic N) is 2. The van der Waals surface area contributed by atoms with E-state index in [0.717, 1.165) is 60.8 Å². The Balaban J connectivity index is 0. The van der Waals surface area contributed by atoms with E-state index >= 15 is 0 Å². The zero-order valence-electron chi connectivity index (χ0n) is 32.3. The maximum atomic E-state index is 11.3. The Morgan fingerprint density at radius 2 is 1.13 bits per heavy atom. The van der Waals surface area contributed by atoms with E-state index in [1.54, 1.807) is 0 Å². The minimum absolute atomic E-state index is 0. The Bertz CT molecular complexity index is 1270. The predicted octanol–water partition coefficient (Wildman–Crippen LogP) is 11.8. The van der Waals surface area contributed by atoms with Gasteiger partial charge >= 0.3 is 0 Å². The summed E-state index contributed by atoms with van der Waals surface area (Å²) < 4.78 is 0. The Kier molecular flexibility index (Phi) is 19.8. The Morgan fingerprint density at radius 3 is 1.55 bits per heavy atom. The molecule has 2 N–H and O–H groups in total. The molecule has 47 heavy (non-hydrogen) atoms. The summed E-state index contributed by atoms with van der Waals surface area (Å²) in [6, 6.07) is 8.72. The van der Waals surface area contributed by atoms with Gasteiger partial charge in [0.05, 0.1) is 12.1 Å². The summed E-state index contributed by atoms with van der Waals surface area (Å²) in [6.45, 7) is 22.0. The molecule has 1 aliphatic carbocycles. The van der Waals surface area contributed by atoms with Crippen LogP contribution in [0, 0.1) is 29.2 Å². The van der Waals surface area contributed by atoms with E-state index in [9.17, 15) is 10.2 Å². The van der Waals surface area contributed by atoms with Gasteiger partial charge in [0, 0.05) is 45.9 Å². The number of rotatable bonds is 11. The van der Waals surface area contributed by atoms with Crippen molar-refractivity contribution in [1.29, 1.82) is 0 Å². The largest absolute Gasteiger partial charge is 0.507 e. The van der Waals surface area contributed by atoms with Crippen LogP contribution in [0.2, 0.25) is 0 Å². The second-order valence-corrected chi connectivity index (χ2v) is 15.4. The van der Waals surface area contributed by atoms with E-state index in [-0.39, 0.29) is 67.4 Å². The van der Waals surface area contributed by atoms with Crippen molar-refractivity contribution in [2.45, 2.75) is 162 Å². The number of aryl methyl sites for hydroxylation is 1. The zero-order chi connectivity index (χ0) is 32.0. The summed E-state index contributed by atoms with van der Waals surface area (Å²) in [6.07, 6.45) is 15.1. The number of hydrogen-bond donors (Lipinski definition) is 2. The van der Waals surface area contributed by atoms with E-state index in [2.05, 4.69) is 86.6 Å². The standard InChI is InChI=1S/C39H60N2O2.3CH3.Co/c1-11-13-19-39(10,20-14-12-2)31-21-27(3)35(42)28(23-31)25-40-33-17-15-16-18-34(33)41-26-29-22-30(37(4,5)6)24-32(36(29)43)38(7,8)9;;;;/h21-26,33-34,42-43H,11-20H2,1-10H3;3*1H3;/q;3*-1;. The third-order valence-electron chi connectivity index (χ3n) is 9.51. The quantitative estimate of drug-likeness (QED) is 0.182. The molecule has 0 spiro atoms. The van der Waals surface area contributed by atoms with Gasteiger partial charge in [-0.25, -0.2) is 0 Å². The molecule has 2 atom stereocenters. The molecule has 2 aromatic carbocycles. The number of benzene rings is 2. The summed E-state index contributed by atoms with van der Waals surface area (Å²) in [4.78, 5) is 10.1. The summed E-state index contributed by atoms with van der Waals surface area (Å²) in [5, 5.41) is 22.3. The predicted molar refractivity (Wildman–Crippen MR) is 205 cm³/mol. The van der Waals surface area contributed by atoms with Crippen molar-refractivity contribution in [3.8, 4) is 11.5 Å². The van der Waals surface area contributed by atoms with Crippen molar-refractivity contribution in [3.05, 3.63) is 79.9 Å². The van der Waals surface area contributed by atoms with Gasteiger partial charge in [0.15, 0.2) is 0 Å². The summed E-state index contributed by atoms with van der Waals surface area (Å²) in [5.41, 5.74) is 5.86. The first-order valence-corrected chi connectivity index (χ1v) is 16.9. The van der Waals surface area contributed by atoms with Crippen LogP contribution in [0.15, 0.2) is 34.3 Å². The molecule has 1 aliphatic rings. The van der Waals surface area contributed by atoms with Crippen LogP contribution >= 0.6 is 0 Å². The molecule has 271 valence electrons. The van der Waals surface area contributed by atoms with Crippen LogP contribution in [0.1, 0.15) is 160 Å². The smallest absolute Gasteiger partial charge is 0.128 e. The van der Waals surface area contributed by atoms with E-state index < -0.39 is 0 Å². The number of phenolic OH excluding ortho intramolecular Hbond substituents is 2. The van der Waals surface area contributed by atoms with Crippen LogP contribution in [0.3, 0.4) is 0 Å². The molecule has 4 nitrogen and oxygen atoms in total. The minimum atomic E-state index is -0.177. The molecule has 1 saturated carbocycles. The number of phenols is 2. The second-order valence-electron chi connectivity index (χ2n) is 15.4. The molecule has 1 radical (unpaired) electrons. The molecule has 0 aromatic heterocycles. The van der Waals surface area contributed by atoms with E-state index in [4.69, 9.17) is 9.98 Å². The monoisotopic (exact) mass is 692 g/mol. The van der Waals surface area contributed by atoms with Crippen LogP contribution < -0.4 is 0 Å². The van der Waals surface area contributed by atoms with Gasteiger partial charge in [-0.15, -0.1) is 0 Å². The van der Waals surface area contributed by atoms with Crippen LogP contribution in [-0.2, 0) is 33.0 Å². The van der Waals surface area contributed by atoms with E-state index in [0.29, 0.717) is 11.5 Å². The first-order valence-electron chi connectivity index (χ1n) is 16.9. The molecule has 0 heterocycles. The van der Waals surface area contributed by atoms with Crippen LogP contribution in [0.25, 0.3) is 0 Å². The van der Waals surface area contributed by atoms with Gasteiger partial charge in [-0.3, -0.25) is 9.98 Å². The fraction of sp³-hybridized carbons (Fsp3) is 0.595. The summed E-state index contributed by atoms with van der Waals surface area (Å²) in [5.74, 6) is 0.654. The number of aliphatic imine (C=N–C) groups is 2. The van der Waals surface area contributed by atoms with Gasteiger partial charge < -0.3 is 32.5 Å². The Hall–Kier alpha value is -2.11. The maximum Gasteiger partial charge on any atom is 0.128 e. The van der Waals surface area contributed by atoms with Gasteiger partial charge in [0.2, 0.25) is 0 Å². The SMILES string of the molecule is CCCCC(C)(CCCC)c1cc(C)c(O)c(C=NC2CCCCC2N=Cc2cc(C(C)(C)C)cc(C(C)(C)C)c2O)c1.[CH3-].[CH3-].[CH3-].[Co].